The van der Waals surface area contributed by atoms with Crippen LogP contribution in [0.15, 0.2) is 22.7 Å². The Kier molecular flexibility index (Phi) is 2.37. The van der Waals surface area contributed by atoms with E-state index in [2.05, 4.69) is 10.3 Å². The molecule has 0 aliphatic heterocycles. The third kappa shape index (κ3) is 1.68. The van der Waals surface area contributed by atoms with Crippen molar-refractivity contribution >= 4 is 5.78 Å². The summed E-state index contributed by atoms with van der Waals surface area (Å²) >= 11 is 0. The van der Waals surface area contributed by atoms with Crippen molar-refractivity contribution < 1.29 is 9.21 Å². The molecule has 78 valence electrons. The van der Waals surface area contributed by atoms with E-state index in [-0.39, 0.29) is 5.78 Å². The number of nitrogens with zero attached hydrogens (tertiary/aromatic N) is 3. The van der Waals surface area contributed by atoms with Crippen molar-refractivity contribution in [2.75, 3.05) is 0 Å². The molecule has 2 heterocycles. The number of hydrogen-bond acceptors (Lipinski definition) is 4. The van der Waals surface area contributed by atoms with E-state index in [1.807, 2.05) is 6.92 Å². The van der Waals surface area contributed by atoms with Crippen LogP contribution in [0, 0.1) is 6.92 Å². The minimum atomic E-state index is -0.185. The first-order valence-electron chi connectivity index (χ1n) is 4.72. The van der Waals surface area contributed by atoms with Crippen molar-refractivity contribution in [1.82, 2.24) is 15.0 Å². The summed E-state index contributed by atoms with van der Waals surface area (Å²) in [6, 6.07) is 3.41. The Balaban J connectivity index is 2.36. The Bertz CT molecular complexity index is 484. The van der Waals surface area contributed by atoms with E-state index < -0.39 is 0 Å². The second-order valence-electron chi connectivity index (χ2n) is 3.17. The van der Waals surface area contributed by atoms with Gasteiger partial charge >= 0.3 is 0 Å². The molecule has 0 unspecified atom stereocenters. The molecule has 0 aromatic carbocycles. The molecule has 0 amide bonds. The fourth-order valence-corrected chi connectivity index (χ4v) is 1.35. The zero-order valence-electron chi connectivity index (χ0n) is 8.60. The molecule has 0 spiro atoms. The second kappa shape index (κ2) is 3.68. The molecule has 5 nitrogen and oxygen atoms in total. The Morgan fingerprint density at radius 1 is 1.53 bits per heavy atom. The summed E-state index contributed by atoms with van der Waals surface area (Å²) in [6.45, 7) is 4.31. The fraction of sp³-hybridized carbons (Fsp3) is 0.300. The average molecular weight is 205 g/mol. The topological polar surface area (TPSA) is 60.9 Å². The predicted molar refractivity (Wildman–Crippen MR) is 52.6 cm³/mol. The van der Waals surface area contributed by atoms with E-state index in [1.165, 1.54) is 6.20 Å². The monoisotopic (exact) mass is 205 g/mol. The lowest BCUT2D eigenvalue weighted by Gasteiger charge is -1.99. The van der Waals surface area contributed by atoms with Crippen molar-refractivity contribution in [3.8, 4) is 0 Å². The summed E-state index contributed by atoms with van der Waals surface area (Å²) in [4.78, 5) is 11.9. The number of furan rings is 1. The van der Waals surface area contributed by atoms with E-state index in [9.17, 15) is 4.79 Å². The quantitative estimate of drug-likeness (QED) is 0.711. The highest BCUT2D eigenvalue weighted by atomic mass is 16.3. The molecule has 0 aliphatic carbocycles. The summed E-state index contributed by atoms with van der Waals surface area (Å²) in [5, 5.41) is 7.49. The van der Waals surface area contributed by atoms with Crippen LogP contribution in [0.2, 0.25) is 0 Å². The average Bonchev–Trinajstić information content (AvgIpc) is 2.84. The van der Waals surface area contributed by atoms with Crippen LogP contribution < -0.4 is 0 Å². The highest BCUT2D eigenvalue weighted by molar-refractivity contribution is 6.05. The minimum Gasteiger partial charge on any atom is -0.458 e. The predicted octanol–water partition coefficient (Wildman–Crippen LogP) is 1.43. The molecule has 0 radical (unpaired) electrons. The summed E-state index contributed by atoms with van der Waals surface area (Å²) < 4.78 is 6.79. The normalized spacial score (nSPS) is 10.5. The van der Waals surface area contributed by atoms with Gasteiger partial charge in [-0.05, 0) is 26.0 Å². The van der Waals surface area contributed by atoms with Gasteiger partial charge in [-0.25, -0.2) is 4.68 Å². The third-order valence-corrected chi connectivity index (χ3v) is 2.11. The standard InChI is InChI=1S/C10H11N3O2/c1-3-13-8(6-11-12-13)10(14)9-5-4-7(2)15-9/h4-6H,3H2,1-2H3. The summed E-state index contributed by atoms with van der Waals surface area (Å²) in [7, 11) is 0. The molecule has 15 heavy (non-hydrogen) atoms. The zero-order valence-corrected chi connectivity index (χ0v) is 8.60. The van der Waals surface area contributed by atoms with Gasteiger partial charge < -0.3 is 4.42 Å². The van der Waals surface area contributed by atoms with Crippen molar-refractivity contribution in [2.45, 2.75) is 20.4 Å². The molecule has 0 saturated heterocycles. The van der Waals surface area contributed by atoms with Crippen LogP contribution in [-0.2, 0) is 6.54 Å². The first kappa shape index (κ1) is 9.64. The first-order valence-corrected chi connectivity index (χ1v) is 4.72. The number of rotatable bonds is 3. The van der Waals surface area contributed by atoms with Crippen LogP contribution in [0.1, 0.15) is 28.9 Å². The van der Waals surface area contributed by atoms with Crippen molar-refractivity contribution in [3.05, 3.63) is 35.5 Å². The maximum absolute atomic E-state index is 11.9. The zero-order chi connectivity index (χ0) is 10.8. The lowest BCUT2D eigenvalue weighted by molar-refractivity contribution is 0.0998. The van der Waals surface area contributed by atoms with Crippen molar-refractivity contribution in [1.29, 1.82) is 0 Å². The first-order chi connectivity index (χ1) is 7.22. The Morgan fingerprint density at radius 3 is 2.93 bits per heavy atom. The van der Waals surface area contributed by atoms with Gasteiger partial charge in [0.05, 0.1) is 6.20 Å². The number of aryl methyl sites for hydroxylation is 2. The maximum atomic E-state index is 11.9. The van der Waals surface area contributed by atoms with E-state index >= 15 is 0 Å². The highest BCUT2D eigenvalue weighted by Crippen LogP contribution is 2.11. The molecule has 0 N–H and O–H groups in total. The van der Waals surface area contributed by atoms with Gasteiger partial charge in [0.2, 0.25) is 5.78 Å². The molecule has 5 heteroatoms. The number of carbonyl (C=O) groups is 1. The number of aromatic nitrogens is 3. The minimum absolute atomic E-state index is 0.185. The molecule has 0 aliphatic rings. The van der Waals surface area contributed by atoms with E-state index in [1.54, 1.807) is 23.7 Å². The van der Waals surface area contributed by atoms with Crippen LogP contribution in [0.4, 0.5) is 0 Å². The Labute approximate surface area is 86.7 Å². The molecule has 0 bridgehead atoms. The van der Waals surface area contributed by atoms with Crippen LogP contribution in [0.25, 0.3) is 0 Å². The van der Waals surface area contributed by atoms with Crippen LogP contribution in [0.3, 0.4) is 0 Å². The maximum Gasteiger partial charge on any atom is 0.247 e. The van der Waals surface area contributed by atoms with Crippen LogP contribution >= 0.6 is 0 Å². The molecular weight excluding hydrogens is 194 g/mol. The van der Waals surface area contributed by atoms with Crippen molar-refractivity contribution in [3.63, 3.8) is 0 Å². The highest BCUT2D eigenvalue weighted by Gasteiger charge is 2.17. The lowest BCUT2D eigenvalue weighted by Crippen LogP contribution is -2.09. The van der Waals surface area contributed by atoms with Gasteiger partial charge in [0.25, 0.3) is 0 Å². The van der Waals surface area contributed by atoms with Gasteiger partial charge in [-0.3, -0.25) is 4.79 Å². The van der Waals surface area contributed by atoms with Crippen LogP contribution in [0.5, 0.6) is 0 Å². The summed E-state index contributed by atoms with van der Waals surface area (Å²) in [5.74, 6) is 0.855. The third-order valence-electron chi connectivity index (χ3n) is 2.11. The molecule has 2 rings (SSSR count). The molecule has 2 aromatic heterocycles. The molecular formula is C10H11N3O2. The number of ketones is 1. The SMILES string of the molecule is CCn1nncc1C(=O)c1ccc(C)o1. The van der Waals surface area contributed by atoms with Crippen LogP contribution in [-0.4, -0.2) is 20.8 Å². The van der Waals surface area contributed by atoms with Gasteiger partial charge in [0.1, 0.15) is 11.5 Å². The van der Waals surface area contributed by atoms with Gasteiger partial charge in [0.15, 0.2) is 5.76 Å². The smallest absolute Gasteiger partial charge is 0.247 e. The summed E-state index contributed by atoms with van der Waals surface area (Å²) in [6.07, 6.45) is 1.45. The van der Waals surface area contributed by atoms with E-state index in [0.717, 1.165) is 0 Å². The number of hydrogen-bond donors (Lipinski definition) is 0. The van der Waals surface area contributed by atoms with Gasteiger partial charge in [0, 0.05) is 6.54 Å². The Hall–Kier alpha value is -1.91. The molecule has 2 aromatic rings. The largest absolute Gasteiger partial charge is 0.458 e. The second-order valence-corrected chi connectivity index (χ2v) is 3.17. The lowest BCUT2D eigenvalue weighted by atomic mass is 10.2. The van der Waals surface area contributed by atoms with E-state index in [4.69, 9.17) is 4.42 Å². The molecule has 0 fully saturated rings. The van der Waals surface area contributed by atoms with Gasteiger partial charge in [-0.15, -0.1) is 5.10 Å². The fourth-order valence-electron chi connectivity index (χ4n) is 1.35. The van der Waals surface area contributed by atoms with Gasteiger partial charge in [-0.2, -0.15) is 0 Å². The van der Waals surface area contributed by atoms with E-state index in [0.29, 0.717) is 23.8 Å². The molecule has 0 saturated carbocycles. The Morgan fingerprint density at radius 2 is 2.33 bits per heavy atom. The molecule has 0 atom stereocenters. The van der Waals surface area contributed by atoms with Gasteiger partial charge in [-0.1, -0.05) is 5.21 Å². The number of carbonyl (C=O) groups excluding carboxylic acids is 1. The van der Waals surface area contributed by atoms with Crippen molar-refractivity contribution in [2.24, 2.45) is 0 Å². The summed E-state index contributed by atoms with van der Waals surface area (Å²) in [5.41, 5.74) is 0.451.